The van der Waals surface area contributed by atoms with Gasteiger partial charge in [-0.1, -0.05) is 42.5 Å². The summed E-state index contributed by atoms with van der Waals surface area (Å²) in [5, 5.41) is 0. The molecule has 16 heavy (non-hydrogen) atoms. The molecule has 1 saturated carbocycles. The van der Waals surface area contributed by atoms with E-state index in [2.05, 4.69) is 37.0 Å². The van der Waals surface area contributed by atoms with E-state index in [1.165, 1.54) is 36.0 Å². The molecule has 0 nitrogen and oxygen atoms in total. The zero-order valence-electron chi connectivity index (χ0n) is 9.71. The Morgan fingerprint density at radius 2 is 2.31 bits per heavy atom. The van der Waals surface area contributed by atoms with Crippen LogP contribution in [0.2, 0.25) is 0 Å². The molecule has 0 aromatic carbocycles. The molecule has 0 aromatic rings. The van der Waals surface area contributed by atoms with Crippen LogP contribution in [0.1, 0.15) is 32.1 Å². The number of rotatable bonds is 1. The third-order valence-electron chi connectivity index (χ3n) is 3.94. The average Bonchev–Trinajstić information content (AvgIpc) is 2.90. The van der Waals surface area contributed by atoms with Gasteiger partial charge in [0, 0.05) is 5.92 Å². The fourth-order valence-electron chi connectivity index (χ4n) is 3.03. The molecule has 0 aromatic heterocycles. The second-order valence-electron chi connectivity index (χ2n) is 5.01. The summed E-state index contributed by atoms with van der Waals surface area (Å²) >= 11 is 0. The Labute approximate surface area is 97.7 Å². The summed E-state index contributed by atoms with van der Waals surface area (Å²) in [5.41, 5.74) is 5.94. The molecule has 0 heteroatoms. The van der Waals surface area contributed by atoms with Gasteiger partial charge < -0.3 is 0 Å². The van der Waals surface area contributed by atoms with Gasteiger partial charge in [0.05, 0.1) is 0 Å². The third kappa shape index (κ3) is 1.63. The van der Waals surface area contributed by atoms with Crippen LogP contribution in [0, 0.1) is 5.92 Å². The van der Waals surface area contributed by atoms with Gasteiger partial charge in [0.25, 0.3) is 0 Å². The molecule has 1 fully saturated rings. The Kier molecular flexibility index (Phi) is 2.43. The van der Waals surface area contributed by atoms with Crippen LogP contribution in [0.4, 0.5) is 0 Å². The van der Waals surface area contributed by atoms with Crippen molar-refractivity contribution in [2.75, 3.05) is 0 Å². The molecule has 3 aliphatic rings. The first kappa shape index (κ1) is 9.89. The molecule has 0 saturated heterocycles. The quantitative estimate of drug-likeness (QED) is 0.559. The van der Waals surface area contributed by atoms with Crippen LogP contribution in [0.3, 0.4) is 0 Å². The molecule has 0 amide bonds. The summed E-state index contributed by atoms with van der Waals surface area (Å²) in [7, 11) is 0. The van der Waals surface area contributed by atoms with E-state index >= 15 is 0 Å². The van der Waals surface area contributed by atoms with Crippen LogP contribution in [0.15, 0.2) is 59.3 Å². The lowest BCUT2D eigenvalue weighted by atomic mass is 9.88. The highest BCUT2D eigenvalue weighted by Crippen LogP contribution is 2.45. The van der Waals surface area contributed by atoms with Crippen molar-refractivity contribution in [1.29, 1.82) is 0 Å². The summed E-state index contributed by atoms with van der Waals surface area (Å²) < 4.78 is 0. The summed E-state index contributed by atoms with van der Waals surface area (Å²) in [5.74, 6) is 0.676. The van der Waals surface area contributed by atoms with E-state index in [-0.39, 0.29) is 0 Å². The highest BCUT2D eigenvalue weighted by atomic mass is 14.3. The minimum atomic E-state index is 0.676. The Morgan fingerprint density at radius 3 is 3.06 bits per heavy atom. The molecule has 0 radical (unpaired) electrons. The normalized spacial score (nSPS) is 30.6. The van der Waals surface area contributed by atoms with Gasteiger partial charge in [-0.3, -0.25) is 0 Å². The van der Waals surface area contributed by atoms with Gasteiger partial charge in [-0.2, -0.15) is 0 Å². The Hall–Kier alpha value is -1.30. The van der Waals surface area contributed by atoms with Crippen molar-refractivity contribution in [1.82, 2.24) is 0 Å². The maximum atomic E-state index is 4.31. The van der Waals surface area contributed by atoms with Crippen LogP contribution in [0.5, 0.6) is 0 Å². The fraction of sp³-hybridized carbons (Fsp3) is 0.375. The molecule has 1 atom stereocenters. The number of hydrogen-bond acceptors (Lipinski definition) is 0. The molecular weight excluding hydrogens is 192 g/mol. The van der Waals surface area contributed by atoms with Crippen molar-refractivity contribution in [2.24, 2.45) is 5.92 Å². The second kappa shape index (κ2) is 3.93. The minimum absolute atomic E-state index is 0.676. The van der Waals surface area contributed by atoms with Crippen molar-refractivity contribution in [3.63, 3.8) is 0 Å². The SMILES string of the molecule is C=C1/C(=C/C2=CC=CC2)CC2=CCCCC12. The molecule has 0 N–H and O–H groups in total. The van der Waals surface area contributed by atoms with Crippen LogP contribution >= 0.6 is 0 Å². The minimum Gasteiger partial charge on any atom is -0.0949 e. The average molecular weight is 210 g/mol. The predicted molar refractivity (Wildman–Crippen MR) is 69.1 cm³/mol. The Balaban J connectivity index is 1.86. The van der Waals surface area contributed by atoms with E-state index in [1.807, 2.05) is 0 Å². The van der Waals surface area contributed by atoms with Crippen LogP contribution in [-0.4, -0.2) is 0 Å². The predicted octanol–water partition coefficient (Wildman–Crippen LogP) is 4.49. The van der Waals surface area contributed by atoms with E-state index in [0.29, 0.717) is 5.92 Å². The van der Waals surface area contributed by atoms with Gasteiger partial charge in [0.15, 0.2) is 0 Å². The first-order valence-corrected chi connectivity index (χ1v) is 6.29. The number of allylic oxidation sites excluding steroid dienone is 9. The van der Waals surface area contributed by atoms with Gasteiger partial charge in [0.2, 0.25) is 0 Å². The zero-order valence-corrected chi connectivity index (χ0v) is 9.71. The highest BCUT2D eigenvalue weighted by molar-refractivity contribution is 5.50. The first-order valence-electron chi connectivity index (χ1n) is 6.29. The molecular formula is C16H18. The number of hydrogen-bond donors (Lipinski definition) is 0. The third-order valence-corrected chi connectivity index (χ3v) is 3.94. The van der Waals surface area contributed by atoms with E-state index in [9.17, 15) is 0 Å². The van der Waals surface area contributed by atoms with Crippen molar-refractivity contribution in [3.05, 3.63) is 59.3 Å². The maximum Gasteiger partial charge on any atom is 0.00485 e. The van der Waals surface area contributed by atoms with E-state index in [0.717, 1.165) is 12.8 Å². The molecule has 0 aliphatic heterocycles. The van der Waals surface area contributed by atoms with Gasteiger partial charge in [-0.05, 0) is 48.8 Å². The zero-order chi connectivity index (χ0) is 11.0. The lowest BCUT2D eigenvalue weighted by molar-refractivity contribution is 0.597. The lowest BCUT2D eigenvalue weighted by Crippen LogP contribution is -2.03. The maximum absolute atomic E-state index is 4.31. The summed E-state index contributed by atoms with van der Waals surface area (Å²) in [6.45, 7) is 4.31. The van der Waals surface area contributed by atoms with Crippen molar-refractivity contribution in [2.45, 2.75) is 32.1 Å². The largest absolute Gasteiger partial charge is 0.0949 e. The van der Waals surface area contributed by atoms with Gasteiger partial charge >= 0.3 is 0 Å². The molecule has 3 aliphatic carbocycles. The Morgan fingerprint density at radius 1 is 1.38 bits per heavy atom. The second-order valence-corrected chi connectivity index (χ2v) is 5.01. The topological polar surface area (TPSA) is 0 Å². The standard InChI is InChI=1S/C16H18/c1-12-15(10-13-6-2-3-7-13)11-14-8-4-5-9-16(12)14/h2-3,6,8,10,16H,1,4-5,7,9,11H2/b15-10+. The monoisotopic (exact) mass is 210 g/mol. The van der Waals surface area contributed by atoms with Crippen molar-refractivity contribution in [3.8, 4) is 0 Å². The van der Waals surface area contributed by atoms with Crippen LogP contribution < -0.4 is 0 Å². The molecule has 0 heterocycles. The molecule has 0 spiro atoms. The Bertz CT molecular complexity index is 441. The molecule has 1 unspecified atom stereocenters. The molecule has 82 valence electrons. The van der Waals surface area contributed by atoms with Crippen molar-refractivity contribution < 1.29 is 0 Å². The van der Waals surface area contributed by atoms with Gasteiger partial charge in [-0.15, -0.1) is 0 Å². The summed E-state index contributed by atoms with van der Waals surface area (Å²) in [6, 6.07) is 0. The smallest absolute Gasteiger partial charge is 0.00485 e. The molecule has 3 rings (SSSR count). The van der Waals surface area contributed by atoms with Crippen LogP contribution in [-0.2, 0) is 0 Å². The van der Waals surface area contributed by atoms with Gasteiger partial charge in [-0.25, -0.2) is 0 Å². The van der Waals surface area contributed by atoms with E-state index < -0.39 is 0 Å². The lowest BCUT2D eigenvalue weighted by Gasteiger charge is -2.17. The van der Waals surface area contributed by atoms with Crippen molar-refractivity contribution >= 4 is 0 Å². The van der Waals surface area contributed by atoms with E-state index in [1.54, 1.807) is 5.57 Å². The first-order chi connectivity index (χ1) is 7.84. The summed E-state index contributed by atoms with van der Waals surface area (Å²) in [6.07, 6.45) is 17.6. The van der Waals surface area contributed by atoms with Crippen LogP contribution in [0.25, 0.3) is 0 Å². The van der Waals surface area contributed by atoms with Gasteiger partial charge in [0.1, 0.15) is 0 Å². The van der Waals surface area contributed by atoms with E-state index in [4.69, 9.17) is 0 Å². The molecule has 0 bridgehead atoms. The fourth-order valence-corrected chi connectivity index (χ4v) is 3.03. The number of fused-ring (bicyclic) bond motifs is 1. The summed E-state index contributed by atoms with van der Waals surface area (Å²) in [4.78, 5) is 0. The highest BCUT2D eigenvalue weighted by Gasteiger charge is 2.29.